The predicted molar refractivity (Wildman–Crippen MR) is 179 cm³/mol. The number of hydrogen-bond acceptors (Lipinski definition) is 7. The smallest absolute Gasteiger partial charge is 0.264 e. The number of amides is 3. The van der Waals surface area contributed by atoms with E-state index in [1.54, 1.807) is 32.3 Å². The quantitative estimate of drug-likeness (QED) is 0.245. The van der Waals surface area contributed by atoms with Crippen LogP contribution < -0.4 is 21.1 Å². The first kappa shape index (κ1) is 37.6. The average Bonchev–Trinajstić information content (AvgIpc) is 2.97. The highest BCUT2D eigenvalue weighted by molar-refractivity contribution is 7.90. The maximum atomic E-state index is 14.1. The lowest BCUT2D eigenvalue weighted by atomic mass is 9.76. The molecule has 0 radical (unpaired) electrons. The van der Waals surface area contributed by atoms with Crippen molar-refractivity contribution < 1.29 is 22.8 Å². The monoisotopic (exact) mass is 641 g/mol. The van der Waals surface area contributed by atoms with Gasteiger partial charge in [0.15, 0.2) is 0 Å². The number of benzene rings is 2. The number of carbonyl (C=O) groups excluding carboxylic acids is 3. The molecule has 5 N–H and O–H groups in total. The van der Waals surface area contributed by atoms with Gasteiger partial charge in [0.1, 0.15) is 6.04 Å². The molecule has 2 aromatic carbocycles. The summed E-state index contributed by atoms with van der Waals surface area (Å²) < 4.78 is 27.8. The van der Waals surface area contributed by atoms with E-state index in [1.165, 1.54) is 24.0 Å². The summed E-state index contributed by atoms with van der Waals surface area (Å²) in [7, 11) is -0.783. The van der Waals surface area contributed by atoms with Crippen molar-refractivity contribution in [3.05, 3.63) is 77.4 Å². The average molecular weight is 642 g/mol. The largest absolute Gasteiger partial charge is 0.342 e. The Morgan fingerprint density at radius 2 is 1.49 bits per heavy atom. The van der Waals surface area contributed by atoms with Crippen LogP contribution in [0.4, 0.5) is 0 Å². The Balaban J connectivity index is 2.32. The summed E-state index contributed by atoms with van der Waals surface area (Å²) in [6.07, 6.45) is 1.58. The van der Waals surface area contributed by atoms with Crippen molar-refractivity contribution in [2.24, 2.45) is 17.1 Å². The minimum absolute atomic E-state index is 0.0624. The number of nitrogens with two attached hydrogens (primary N) is 1. The molecule has 0 bridgehead atoms. The molecule has 0 spiro atoms. The predicted octanol–water partition coefficient (Wildman–Crippen LogP) is 3.48. The third-order valence-electron chi connectivity index (χ3n) is 8.14. The minimum Gasteiger partial charge on any atom is -0.342 e. The van der Waals surface area contributed by atoms with Gasteiger partial charge in [0, 0.05) is 24.6 Å². The lowest BCUT2D eigenvalue weighted by Crippen LogP contribution is -2.61. The zero-order valence-corrected chi connectivity index (χ0v) is 29.1. The van der Waals surface area contributed by atoms with Gasteiger partial charge in [0.05, 0.1) is 17.0 Å². The summed E-state index contributed by atoms with van der Waals surface area (Å²) in [5.41, 5.74) is 6.22. The second-order valence-corrected chi connectivity index (χ2v) is 15.1. The molecule has 3 amide bonds. The van der Waals surface area contributed by atoms with E-state index in [1.807, 2.05) is 78.8 Å². The molecule has 0 aliphatic rings. The number of carbonyl (C=O) groups is 3. The topological polar surface area (TPSA) is 151 Å². The van der Waals surface area contributed by atoms with Crippen molar-refractivity contribution in [3.63, 3.8) is 0 Å². The lowest BCUT2D eigenvalue weighted by Gasteiger charge is -2.40. The van der Waals surface area contributed by atoms with Crippen LogP contribution >= 0.6 is 0 Å². The zero-order chi connectivity index (χ0) is 34.3. The van der Waals surface area contributed by atoms with Crippen LogP contribution in [0.5, 0.6) is 0 Å². The van der Waals surface area contributed by atoms with Gasteiger partial charge in [-0.2, -0.15) is 0 Å². The Morgan fingerprint density at radius 1 is 0.933 bits per heavy atom. The molecule has 45 heavy (non-hydrogen) atoms. The van der Waals surface area contributed by atoms with Crippen molar-refractivity contribution in [3.8, 4) is 0 Å². The maximum absolute atomic E-state index is 14.1. The molecular weight excluding hydrogens is 590 g/mol. The molecule has 248 valence electrons. The summed E-state index contributed by atoms with van der Waals surface area (Å²) in [6.45, 7) is 15.2. The Hall–Kier alpha value is -3.54. The first-order valence-electron chi connectivity index (χ1n) is 15.1. The second kappa shape index (κ2) is 15.2. The summed E-state index contributed by atoms with van der Waals surface area (Å²) in [5.74, 6) is -1.59. The lowest BCUT2D eigenvalue weighted by molar-refractivity contribution is -0.140. The van der Waals surface area contributed by atoms with Crippen molar-refractivity contribution in [2.75, 3.05) is 14.1 Å². The van der Waals surface area contributed by atoms with Crippen LogP contribution in [0.1, 0.15) is 66.5 Å². The van der Waals surface area contributed by atoms with Crippen LogP contribution in [0.3, 0.4) is 0 Å². The summed E-state index contributed by atoms with van der Waals surface area (Å²) >= 11 is 0. The Morgan fingerprint density at radius 3 is 1.96 bits per heavy atom. The molecule has 0 aromatic heterocycles. The van der Waals surface area contributed by atoms with Gasteiger partial charge in [-0.3, -0.25) is 14.4 Å². The second-order valence-electron chi connectivity index (χ2n) is 13.4. The van der Waals surface area contributed by atoms with E-state index in [0.717, 1.165) is 11.1 Å². The van der Waals surface area contributed by atoms with Crippen molar-refractivity contribution in [1.29, 1.82) is 0 Å². The van der Waals surface area contributed by atoms with Crippen LogP contribution in [0.25, 0.3) is 0 Å². The fourth-order valence-electron chi connectivity index (χ4n) is 5.23. The minimum atomic E-state index is -4.13. The molecule has 0 aliphatic heterocycles. The number of rotatable bonds is 13. The molecular formula is C34H51N5O5S. The molecule has 3 atom stereocenters. The van der Waals surface area contributed by atoms with Gasteiger partial charge in [-0.25, -0.2) is 13.1 Å². The normalized spacial score (nSPS) is 14.8. The molecule has 2 rings (SSSR count). The van der Waals surface area contributed by atoms with Gasteiger partial charge in [-0.1, -0.05) is 97.0 Å². The van der Waals surface area contributed by atoms with Gasteiger partial charge >= 0.3 is 0 Å². The van der Waals surface area contributed by atoms with Crippen molar-refractivity contribution in [2.45, 2.75) is 90.4 Å². The third kappa shape index (κ3) is 9.48. The highest BCUT2D eigenvalue weighted by atomic mass is 32.2. The molecule has 0 saturated carbocycles. The Labute approximate surface area is 269 Å². The van der Waals surface area contributed by atoms with Crippen LogP contribution in [-0.2, 0) is 36.4 Å². The fraction of sp³-hybridized carbons (Fsp3) is 0.500. The highest BCUT2D eigenvalue weighted by Gasteiger charge is 2.41. The molecule has 0 heterocycles. The molecule has 0 fully saturated rings. The van der Waals surface area contributed by atoms with E-state index in [2.05, 4.69) is 15.4 Å². The summed E-state index contributed by atoms with van der Waals surface area (Å²) in [5, 5.41) is 6.15. The van der Waals surface area contributed by atoms with E-state index in [4.69, 9.17) is 5.73 Å². The van der Waals surface area contributed by atoms with Crippen molar-refractivity contribution >= 4 is 27.7 Å². The zero-order valence-electron chi connectivity index (χ0n) is 28.3. The van der Waals surface area contributed by atoms with Crippen LogP contribution in [0.15, 0.2) is 71.1 Å². The van der Waals surface area contributed by atoms with Crippen LogP contribution in [0.2, 0.25) is 0 Å². The molecule has 0 aliphatic carbocycles. The van der Waals surface area contributed by atoms with Gasteiger partial charge < -0.3 is 21.3 Å². The number of nitrogens with zero attached hydrogens (tertiary/aromatic N) is 1. The fourth-order valence-corrected chi connectivity index (χ4v) is 6.25. The number of hydrogen-bond donors (Lipinski definition) is 4. The van der Waals surface area contributed by atoms with Gasteiger partial charge in [-0.05, 0) is 48.6 Å². The number of nitrogens with one attached hydrogen (secondary N) is 3. The van der Waals surface area contributed by atoms with Gasteiger partial charge in [-0.15, -0.1) is 0 Å². The number of sulfonamides is 1. The van der Waals surface area contributed by atoms with Crippen LogP contribution in [-0.4, -0.2) is 63.3 Å². The summed E-state index contributed by atoms with van der Waals surface area (Å²) in [4.78, 5) is 42.3. The van der Waals surface area contributed by atoms with Crippen molar-refractivity contribution in [1.82, 2.24) is 20.3 Å². The Kier molecular flexibility index (Phi) is 12.7. The van der Waals surface area contributed by atoms with E-state index >= 15 is 0 Å². The SMILES string of the molecule is CNC(C(=O)NC(C(=O)N(C)C(/C=C(\C)C(=O)NS(=O)(=O)c1ccc(CN)cc1)C(C)C)C(C)(C)C)C(C)(C)c1ccccc1. The van der Waals surface area contributed by atoms with E-state index in [-0.39, 0.29) is 34.7 Å². The first-order chi connectivity index (χ1) is 20.8. The van der Waals surface area contributed by atoms with E-state index < -0.39 is 44.9 Å². The van der Waals surface area contributed by atoms with E-state index in [9.17, 15) is 22.8 Å². The van der Waals surface area contributed by atoms with Gasteiger partial charge in [0.25, 0.3) is 15.9 Å². The van der Waals surface area contributed by atoms with E-state index in [0.29, 0.717) is 0 Å². The molecule has 3 unspecified atom stereocenters. The standard InChI is InChI=1S/C34H51N5O5S/c1-22(2)27(20-23(3)30(40)38-45(43,44)26-18-16-24(21-35)17-19-26)39(10)32(42)29(33(4,5)6)37-31(41)28(36-9)34(7,8)25-14-12-11-13-15-25/h11-20,22,27-29,36H,21,35H2,1-10H3,(H,37,41)(H,38,40)/b23-20+. The molecule has 0 saturated heterocycles. The number of likely N-dealkylation sites (N-methyl/N-ethyl adjacent to an activating group) is 2. The molecule has 10 nitrogen and oxygen atoms in total. The molecule has 11 heteroatoms. The third-order valence-corrected chi connectivity index (χ3v) is 9.49. The highest BCUT2D eigenvalue weighted by Crippen LogP contribution is 2.29. The summed E-state index contributed by atoms with van der Waals surface area (Å²) in [6, 6.07) is 13.6. The Bertz CT molecular complexity index is 1460. The first-order valence-corrected chi connectivity index (χ1v) is 16.6. The maximum Gasteiger partial charge on any atom is 0.264 e. The van der Waals surface area contributed by atoms with Crippen LogP contribution in [0, 0.1) is 11.3 Å². The van der Waals surface area contributed by atoms with Gasteiger partial charge in [0.2, 0.25) is 11.8 Å². The molecule has 2 aromatic rings.